The van der Waals surface area contributed by atoms with Crippen molar-refractivity contribution >= 4 is 21.4 Å². The number of fused-ring (bicyclic) bond motifs is 2. The van der Waals surface area contributed by atoms with Crippen molar-refractivity contribution in [2.75, 3.05) is 0 Å². The summed E-state index contributed by atoms with van der Waals surface area (Å²) in [5, 5.41) is 3.31. The monoisotopic (exact) mass is 299 g/mol. The van der Waals surface area contributed by atoms with E-state index < -0.39 is 0 Å². The summed E-state index contributed by atoms with van der Waals surface area (Å²) in [6.07, 6.45) is 0.588. The van der Waals surface area contributed by atoms with E-state index in [9.17, 15) is 4.39 Å². The van der Waals surface area contributed by atoms with Gasteiger partial charge in [-0.1, -0.05) is 24.3 Å². The molecular weight excluding hydrogens is 285 g/mol. The fourth-order valence-electron chi connectivity index (χ4n) is 2.91. The Bertz CT molecular complexity index is 813. The molecule has 0 aliphatic carbocycles. The molecule has 106 valence electrons. The van der Waals surface area contributed by atoms with Crippen molar-refractivity contribution in [1.82, 2.24) is 0 Å². The van der Waals surface area contributed by atoms with Gasteiger partial charge in [-0.3, -0.25) is 0 Å². The maximum atomic E-state index is 13.4. The normalized spacial score (nSPS) is 21.0. The molecular formula is C17H14FNOS. The quantitative estimate of drug-likeness (QED) is 0.714. The molecule has 0 radical (unpaired) electrons. The van der Waals surface area contributed by atoms with Crippen LogP contribution in [-0.2, 0) is 0 Å². The summed E-state index contributed by atoms with van der Waals surface area (Å²) in [6.45, 7) is 0. The molecule has 2 atom stereocenters. The number of rotatable bonds is 1. The van der Waals surface area contributed by atoms with E-state index >= 15 is 0 Å². The first-order chi connectivity index (χ1) is 10.2. The van der Waals surface area contributed by atoms with Gasteiger partial charge in [0, 0.05) is 34.4 Å². The van der Waals surface area contributed by atoms with Crippen molar-refractivity contribution in [2.45, 2.75) is 18.6 Å². The van der Waals surface area contributed by atoms with Gasteiger partial charge in [-0.15, -0.1) is 11.3 Å². The first-order valence-electron chi connectivity index (χ1n) is 6.90. The minimum absolute atomic E-state index is 0.120. The van der Waals surface area contributed by atoms with Crippen LogP contribution >= 0.6 is 11.3 Å². The zero-order valence-corrected chi connectivity index (χ0v) is 12.1. The summed E-state index contributed by atoms with van der Waals surface area (Å²) in [6, 6.07) is 12.7. The van der Waals surface area contributed by atoms with Crippen molar-refractivity contribution < 1.29 is 9.13 Å². The number of nitrogens with two attached hydrogens (primary N) is 1. The molecule has 4 rings (SSSR count). The Hall–Kier alpha value is -1.91. The summed E-state index contributed by atoms with van der Waals surface area (Å²) < 4.78 is 20.7. The van der Waals surface area contributed by atoms with Crippen molar-refractivity contribution in [3.8, 4) is 5.75 Å². The fraction of sp³-hybridized carbons (Fsp3) is 0.176. The minimum Gasteiger partial charge on any atom is -0.485 e. The average molecular weight is 299 g/mol. The van der Waals surface area contributed by atoms with Gasteiger partial charge in [0.1, 0.15) is 17.7 Å². The first kappa shape index (κ1) is 12.8. The second kappa shape index (κ2) is 4.83. The van der Waals surface area contributed by atoms with Gasteiger partial charge in [0.2, 0.25) is 0 Å². The van der Waals surface area contributed by atoms with Crippen LogP contribution in [0.2, 0.25) is 0 Å². The first-order valence-corrected chi connectivity index (χ1v) is 7.78. The lowest BCUT2D eigenvalue weighted by Gasteiger charge is -2.30. The third-order valence-corrected chi connectivity index (χ3v) is 4.95. The molecule has 0 spiro atoms. The number of hydrogen-bond donors (Lipinski definition) is 1. The minimum atomic E-state index is -0.295. The van der Waals surface area contributed by atoms with Crippen LogP contribution in [0.25, 0.3) is 10.1 Å². The van der Waals surface area contributed by atoms with Gasteiger partial charge >= 0.3 is 0 Å². The van der Waals surface area contributed by atoms with E-state index in [-0.39, 0.29) is 18.0 Å². The molecule has 0 saturated heterocycles. The smallest absolute Gasteiger partial charge is 0.127 e. The summed E-state index contributed by atoms with van der Waals surface area (Å²) in [5.41, 5.74) is 8.26. The highest BCUT2D eigenvalue weighted by Crippen LogP contribution is 2.42. The van der Waals surface area contributed by atoms with E-state index in [2.05, 4.69) is 17.5 Å². The van der Waals surface area contributed by atoms with E-state index in [1.54, 1.807) is 17.4 Å². The van der Waals surface area contributed by atoms with E-state index in [4.69, 9.17) is 10.5 Å². The Labute approximate surface area is 126 Å². The summed E-state index contributed by atoms with van der Waals surface area (Å²) in [4.78, 5) is 0. The van der Waals surface area contributed by atoms with Crippen molar-refractivity contribution in [3.05, 3.63) is 64.8 Å². The molecule has 0 amide bonds. The van der Waals surface area contributed by atoms with E-state index in [1.165, 1.54) is 22.2 Å². The molecule has 1 aromatic heterocycles. The standard InChI is InChI=1S/C17H14FNOS/c18-10-5-6-12-14(19)8-16(20-15(12)7-10)13-9-21-17-4-2-1-3-11(13)17/h1-7,9,14,16H,8,19H2/t14-,16?/m1/s1. The van der Waals surface area contributed by atoms with Crippen molar-refractivity contribution in [2.24, 2.45) is 5.73 Å². The molecule has 3 aromatic rings. The molecule has 2 N–H and O–H groups in total. The van der Waals surface area contributed by atoms with Gasteiger partial charge < -0.3 is 10.5 Å². The molecule has 2 aromatic carbocycles. The van der Waals surface area contributed by atoms with Gasteiger partial charge in [-0.05, 0) is 22.9 Å². The molecule has 0 bridgehead atoms. The lowest BCUT2D eigenvalue weighted by Crippen LogP contribution is -2.24. The average Bonchev–Trinajstić information content (AvgIpc) is 2.90. The van der Waals surface area contributed by atoms with Crippen LogP contribution in [0, 0.1) is 5.82 Å². The lowest BCUT2D eigenvalue weighted by molar-refractivity contribution is 0.162. The maximum absolute atomic E-state index is 13.4. The lowest BCUT2D eigenvalue weighted by atomic mass is 9.93. The van der Waals surface area contributed by atoms with Gasteiger partial charge in [0.15, 0.2) is 0 Å². The van der Waals surface area contributed by atoms with Gasteiger partial charge in [0.05, 0.1) is 0 Å². The van der Waals surface area contributed by atoms with E-state index in [1.807, 2.05) is 12.1 Å². The zero-order chi connectivity index (χ0) is 14.4. The molecule has 1 unspecified atom stereocenters. The summed E-state index contributed by atoms with van der Waals surface area (Å²) >= 11 is 1.70. The Balaban J connectivity index is 1.78. The van der Waals surface area contributed by atoms with Crippen LogP contribution in [0.1, 0.15) is 29.7 Å². The largest absolute Gasteiger partial charge is 0.485 e. The van der Waals surface area contributed by atoms with Crippen LogP contribution in [0.5, 0.6) is 5.75 Å². The third kappa shape index (κ3) is 2.11. The van der Waals surface area contributed by atoms with Crippen LogP contribution in [-0.4, -0.2) is 0 Å². The number of benzene rings is 2. The van der Waals surface area contributed by atoms with Crippen LogP contribution < -0.4 is 10.5 Å². The van der Waals surface area contributed by atoms with Crippen LogP contribution in [0.15, 0.2) is 47.8 Å². The van der Waals surface area contributed by atoms with Crippen molar-refractivity contribution in [3.63, 3.8) is 0 Å². The second-order valence-corrected chi connectivity index (χ2v) is 6.23. The Morgan fingerprint density at radius 1 is 1.14 bits per heavy atom. The van der Waals surface area contributed by atoms with Crippen LogP contribution in [0.3, 0.4) is 0 Å². The van der Waals surface area contributed by atoms with Crippen molar-refractivity contribution in [1.29, 1.82) is 0 Å². The van der Waals surface area contributed by atoms with Crippen LogP contribution in [0.4, 0.5) is 4.39 Å². The highest BCUT2D eigenvalue weighted by atomic mass is 32.1. The van der Waals surface area contributed by atoms with Gasteiger partial charge in [-0.25, -0.2) is 4.39 Å². The SMILES string of the molecule is N[C@@H]1CC(c2csc3ccccc23)Oc2cc(F)ccc21. The number of hydrogen-bond acceptors (Lipinski definition) is 3. The number of halogens is 1. The highest BCUT2D eigenvalue weighted by Gasteiger charge is 2.28. The maximum Gasteiger partial charge on any atom is 0.127 e. The summed E-state index contributed by atoms with van der Waals surface area (Å²) in [5.74, 6) is 0.269. The molecule has 0 saturated carbocycles. The third-order valence-electron chi connectivity index (χ3n) is 3.97. The molecule has 4 heteroatoms. The highest BCUT2D eigenvalue weighted by molar-refractivity contribution is 7.17. The Kier molecular flexibility index (Phi) is 2.94. The molecule has 1 aliphatic heterocycles. The fourth-order valence-corrected chi connectivity index (χ4v) is 3.92. The molecule has 1 aliphatic rings. The molecule has 2 nitrogen and oxygen atoms in total. The van der Waals surface area contributed by atoms with Gasteiger partial charge in [-0.2, -0.15) is 0 Å². The number of thiophene rings is 1. The molecule has 0 fully saturated rings. The zero-order valence-electron chi connectivity index (χ0n) is 11.3. The van der Waals surface area contributed by atoms with E-state index in [0.717, 1.165) is 11.1 Å². The van der Waals surface area contributed by atoms with Gasteiger partial charge in [0.25, 0.3) is 0 Å². The van der Waals surface area contributed by atoms with E-state index in [0.29, 0.717) is 12.2 Å². The predicted molar refractivity (Wildman–Crippen MR) is 83.1 cm³/mol. The number of ether oxygens (including phenoxy) is 1. The predicted octanol–water partition coefficient (Wildman–Crippen LogP) is 4.56. The summed E-state index contributed by atoms with van der Waals surface area (Å²) in [7, 11) is 0. The Morgan fingerprint density at radius 2 is 2.00 bits per heavy atom. The second-order valence-electron chi connectivity index (χ2n) is 5.32. The topological polar surface area (TPSA) is 35.2 Å². The molecule has 21 heavy (non-hydrogen) atoms. The Morgan fingerprint density at radius 3 is 2.90 bits per heavy atom. The molecule has 2 heterocycles.